The van der Waals surface area contributed by atoms with Gasteiger partial charge in [-0.2, -0.15) is 0 Å². The number of nitrogens with zero attached hydrogens (tertiary/aromatic N) is 1. The normalized spacial score (nSPS) is 26.4. The lowest BCUT2D eigenvalue weighted by Crippen LogP contribution is -2.37. The zero-order valence-corrected chi connectivity index (χ0v) is 8.15. The van der Waals surface area contributed by atoms with Gasteiger partial charge in [0.2, 0.25) is 0 Å². The third kappa shape index (κ3) is 1.97. The quantitative estimate of drug-likeness (QED) is 0.626. The van der Waals surface area contributed by atoms with Crippen LogP contribution in [0.1, 0.15) is 13.8 Å². The number of carbonyl (C=O) groups is 1. The van der Waals surface area contributed by atoms with Gasteiger partial charge in [0.15, 0.2) is 5.78 Å². The van der Waals surface area contributed by atoms with Gasteiger partial charge in [-0.1, -0.05) is 13.8 Å². The van der Waals surface area contributed by atoms with Gasteiger partial charge in [0.05, 0.1) is 6.04 Å². The van der Waals surface area contributed by atoms with Crippen LogP contribution in [-0.4, -0.2) is 35.4 Å². The summed E-state index contributed by atoms with van der Waals surface area (Å²) in [4.78, 5) is 13.6. The van der Waals surface area contributed by atoms with Crippen molar-refractivity contribution in [2.45, 2.75) is 19.9 Å². The molecule has 1 heterocycles. The van der Waals surface area contributed by atoms with Crippen molar-refractivity contribution in [3.63, 3.8) is 0 Å². The van der Waals surface area contributed by atoms with Crippen LogP contribution in [0.25, 0.3) is 0 Å². The molecule has 1 aliphatic heterocycles. The number of hydrogen-bond donors (Lipinski definition) is 0. The fourth-order valence-electron chi connectivity index (χ4n) is 1.21. The highest BCUT2D eigenvalue weighted by molar-refractivity contribution is 7.99. The summed E-state index contributed by atoms with van der Waals surface area (Å²) in [5, 5.41) is 0. The highest BCUT2D eigenvalue weighted by Gasteiger charge is 2.29. The van der Waals surface area contributed by atoms with Crippen LogP contribution in [0, 0.1) is 5.92 Å². The van der Waals surface area contributed by atoms with Crippen molar-refractivity contribution < 1.29 is 4.79 Å². The number of Topliss-reactive ketones (excluding diaryl/α,β-unsaturated/α-hetero) is 1. The Kier molecular flexibility index (Phi) is 2.96. The molecule has 0 bridgehead atoms. The Morgan fingerprint density at radius 1 is 1.64 bits per heavy atom. The maximum absolute atomic E-state index is 11.5. The molecule has 1 atom stereocenters. The standard InChI is InChI=1S/C8H15NOS/c1-6(2)8(10)7-4-11-5-9(7)3/h6-7H,4-5H2,1-3H3/t7-/m0/s1. The van der Waals surface area contributed by atoms with E-state index in [1.807, 2.05) is 32.7 Å². The van der Waals surface area contributed by atoms with Crippen molar-refractivity contribution in [2.24, 2.45) is 5.92 Å². The van der Waals surface area contributed by atoms with Crippen LogP contribution < -0.4 is 0 Å². The summed E-state index contributed by atoms with van der Waals surface area (Å²) in [6.45, 7) is 3.94. The van der Waals surface area contributed by atoms with Crippen LogP contribution in [0.5, 0.6) is 0 Å². The minimum absolute atomic E-state index is 0.181. The van der Waals surface area contributed by atoms with Crippen LogP contribution >= 0.6 is 11.8 Å². The average Bonchev–Trinajstić information content (AvgIpc) is 2.33. The Labute approximate surface area is 72.3 Å². The molecular formula is C8H15NOS. The lowest BCUT2D eigenvalue weighted by molar-refractivity contribution is -0.125. The number of hydrogen-bond acceptors (Lipinski definition) is 3. The first-order valence-corrected chi connectivity index (χ1v) is 5.10. The minimum atomic E-state index is 0.181. The van der Waals surface area contributed by atoms with Gasteiger partial charge >= 0.3 is 0 Å². The second kappa shape index (κ2) is 3.59. The highest BCUT2D eigenvalue weighted by Crippen LogP contribution is 2.21. The number of rotatable bonds is 2. The van der Waals surface area contributed by atoms with Crippen LogP contribution in [0.4, 0.5) is 0 Å². The van der Waals surface area contributed by atoms with Gasteiger partial charge in [-0.25, -0.2) is 0 Å². The summed E-state index contributed by atoms with van der Waals surface area (Å²) in [5.74, 6) is 2.55. The molecule has 0 aromatic rings. The second-order valence-electron chi connectivity index (χ2n) is 3.33. The van der Waals surface area contributed by atoms with E-state index in [0.29, 0.717) is 5.78 Å². The predicted octanol–water partition coefficient (Wildman–Crippen LogP) is 1.22. The van der Waals surface area contributed by atoms with E-state index in [0.717, 1.165) is 11.6 Å². The third-order valence-corrected chi connectivity index (χ3v) is 3.14. The van der Waals surface area contributed by atoms with E-state index in [9.17, 15) is 4.79 Å². The molecule has 0 aromatic heterocycles. The molecule has 0 aliphatic carbocycles. The zero-order chi connectivity index (χ0) is 8.43. The molecule has 0 radical (unpaired) electrons. The first kappa shape index (κ1) is 9.07. The molecule has 3 heteroatoms. The number of likely N-dealkylation sites (N-methyl/N-ethyl adjacent to an activating group) is 1. The van der Waals surface area contributed by atoms with Crippen LogP contribution in [0.2, 0.25) is 0 Å². The molecule has 0 N–H and O–H groups in total. The molecule has 1 fully saturated rings. The van der Waals surface area contributed by atoms with Crippen molar-refractivity contribution in [3.8, 4) is 0 Å². The summed E-state index contributed by atoms with van der Waals surface area (Å²) < 4.78 is 0. The molecule has 0 saturated carbocycles. The van der Waals surface area contributed by atoms with E-state index >= 15 is 0 Å². The van der Waals surface area contributed by atoms with Crippen molar-refractivity contribution >= 4 is 17.5 Å². The Morgan fingerprint density at radius 2 is 2.27 bits per heavy atom. The van der Waals surface area contributed by atoms with E-state index < -0.39 is 0 Å². The van der Waals surface area contributed by atoms with Crippen LogP contribution in [-0.2, 0) is 4.79 Å². The van der Waals surface area contributed by atoms with Gasteiger partial charge in [-0.3, -0.25) is 9.69 Å². The molecule has 1 rings (SSSR count). The van der Waals surface area contributed by atoms with E-state index in [-0.39, 0.29) is 12.0 Å². The van der Waals surface area contributed by atoms with Crippen molar-refractivity contribution in [3.05, 3.63) is 0 Å². The molecular weight excluding hydrogens is 158 g/mol. The number of ketones is 1. The van der Waals surface area contributed by atoms with Crippen molar-refractivity contribution in [1.29, 1.82) is 0 Å². The Hall–Kier alpha value is -0.0200. The molecule has 0 spiro atoms. The molecule has 0 unspecified atom stereocenters. The minimum Gasteiger partial charge on any atom is -0.298 e. The zero-order valence-electron chi connectivity index (χ0n) is 7.33. The fraction of sp³-hybridized carbons (Fsp3) is 0.875. The SMILES string of the molecule is CC(C)C(=O)[C@@H]1CSCN1C. The maximum Gasteiger partial charge on any atom is 0.153 e. The topological polar surface area (TPSA) is 20.3 Å². The third-order valence-electron chi connectivity index (χ3n) is 2.00. The van der Waals surface area contributed by atoms with E-state index in [4.69, 9.17) is 0 Å². The molecule has 1 saturated heterocycles. The second-order valence-corrected chi connectivity index (χ2v) is 4.33. The van der Waals surface area contributed by atoms with Gasteiger partial charge in [0.25, 0.3) is 0 Å². The van der Waals surface area contributed by atoms with Crippen molar-refractivity contribution in [2.75, 3.05) is 18.7 Å². The summed E-state index contributed by atoms with van der Waals surface area (Å²) in [6, 6.07) is 0.181. The summed E-state index contributed by atoms with van der Waals surface area (Å²) in [6.07, 6.45) is 0. The maximum atomic E-state index is 11.5. The Balaban J connectivity index is 2.53. The average molecular weight is 173 g/mol. The Bertz CT molecular complexity index is 158. The summed E-state index contributed by atoms with van der Waals surface area (Å²) in [7, 11) is 2.02. The van der Waals surface area contributed by atoms with Gasteiger partial charge in [-0.05, 0) is 7.05 Å². The lowest BCUT2D eigenvalue weighted by Gasteiger charge is -2.18. The lowest BCUT2D eigenvalue weighted by atomic mass is 10.0. The van der Waals surface area contributed by atoms with Gasteiger partial charge in [0, 0.05) is 17.5 Å². The largest absolute Gasteiger partial charge is 0.298 e. The first-order valence-electron chi connectivity index (χ1n) is 3.94. The fourth-order valence-corrected chi connectivity index (χ4v) is 2.43. The van der Waals surface area contributed by atoms with Crippen LogP contribution in [0.15, 0.2) is 0 Å². The first-order chi connectivity index (χ1) is 5.13. The van der Waals surface area contributed by atoms with Crippen LogP contribution in [0.3, 0.4) is 0 Å². The van der Waals surface area contributed by atoms with E-state index in [2.05, 4.69) is 4.90 Å². The van der Waals surface area contributed by atoms with Crippen molar-refractivity contribution in [1.82, 2.24) is 4.90 Å². The number of thioether (sulfide) groups is 1. The van der Waals surface area contributed by atoms with Gasteiger partial charge in [0.1, 0.15) is 0 Å². The smallest absolute Gasteiger partial charge is 0.153 e. The molecule has 0 amide bonds. The monoisotopic (exact) mass is 173 g/mol. The van der Waals surface area contributed by atoms with Gasteiger partial charge < -0.3 is 0 Å². The highest BCUT2D eigenvalue weighted by atomic mass is 32.2. The summed E-state index contributed by atoms with van der Waals surface area (Å²) in [5.41, 5.74) is 0. The molecule has 11 heavy (non-hydrogen) atoms. The summed E-state index contributed by atoms with van der Waals surface area (Å²) >= 11 is 1.84. The Morgan fingerprint density at radius 3 is 2.64 bits per heavy atom. The molecule has 64 valence electrons. The molecule has 1 aliphatic rings. The predicted molar refractivity (Wildman–Crippen MR) is 48.7 cm³/mol. The van der Waals surface area contributed by atoms with E-state index in [1.54, 1.807) is 0 Å². The molecule has 2 nitrogen and oxygen atoms in total. The molecule has 0 aromatic carbocycles. The number of carbonyl (C=O) groups excluding carboxylic acids is 1. The van der Waals surface area contributed by atoms with Gasteiger partial charge in [-0.15, -0.1) is 11.8 Å². The van der Waals surface area contributed by atoms with E-state index in [1.165, 1.54) is 0 Å².